The van der Waals surface area contributed by atoms with E-state index in [9.17, 15) is 30.9 Å². The third-order valence-electron chi connectivity index (χ3n) is 2.25. The fraction of sp³-hybridized carbons (Fsp3) is 0.667. The van der Waals surface area contributed by atoms with Gasteiger partial charge in [0.2, 0.25) is 0 Å². The van der Waals surface area contributed by atoms with Crippen LogP contribution < -0.4 is 0 Å². The predicted octanol–water partition coefficient (Wildman–Crippen LogP) is 3.50. The zero-order valence-electron chi connectivity index (χ0n) is 9.97. The first kappa shape index (κ1) is 19.0. The quantitative estimate of drug-likeness (QED) is 0.477. The lowest BCUT2D eigenvalue weighted by Crippen LogP contribution is -2.41. The Kier molecular flexibility index (Phi) is 6.26. The smallest absolute Gasteiger partial charge is 0.326 e. The van der Waals surface area contributed by atoms with Crippen LogP contribution in [0.5, 0.6) is 0 Å². The number of nitrogens with zero attached hydrogens (tertiary/aromatic N) is 1. The standard InChI is InChI=1S/C9H10F6NO3P/c1-6(2-3-16)7(19-20(17)18,4-8(10,11)12)5-9(13,14)15/h2,20H,4-5H2,1H3,(H,17,18). The third-order valence-corrected chi connectivity index (χ3v) is 2.82. The highest BCUT2D eigenvalue weighted by atomic mass is 31.1. The molecule has 0 amide bonds. The van der Waals surface area contributed by atoms with Gasteiger partial charge in [-0.25, -0.2) is 0 Å². The molecule has 0 aliphatic rings. The summed E-state index contributed by atoms with van der Waals surface area (Å²) >= 11 is 0. The molecule has 0 saturated heterocycles. The van der Waals surface area contributed by atoms with E-state index in [4.69, 9.17) is 10.2 Å². The largest absolute Gasteiger partial charge is 0.392 e. The van der Waals surface area contributed by atoms with Crippen molar-refractivity contribution in [1.82, 2.24) is 0 Å². The molecule has 0 aromatic carbocycles. The summed E-state index contributed by atoms with van der Waals surface area (Å²) in [6, 6.07) is 1.27. The van der Waals surface area contributed by atoms with E-state index >= 15 is 0 Å². The van der Waals surface area contributed by atoms with E-state index in [1.54, 1.807) is 0 Å². The molecule has 4 nitrogen and oxygen atoms in total. The van der Waals surface area contributed by atoms with Gasteiger partial charge in [-0.2, -0.15) is 31.6 Å². The van der Waals surface area contributed by atoms with Crippen LogP contribution in [0.2, 0.25) is 0 Å². The van der Waals surface area contributed by atoms with Gasteiger partial charge < -0.3 is 4.89 Å². The Hall–Kier alpha value is -1.04. The molecular weight excluding hydrogens is 315 g/mol. The highest BCUT2D eigenvalue weighted by Gasteiger charge is 2.52. The summed E-state index contributed by atoms with van der Waals surface area (Å²) in [5, 5.41) is 8.35. The van der Waals surface area contributed by atoms with E-state index < -0.39 is 44.6 Å². The zero-order valence-corrected chi connectivity index (χ0v) is 11.0. The Balaban J connectivity index is 5.83. The fourth-order valence-electron chi connectivity index (χ4n) is 1.54. The molecule has 0 aromatic rings. The minimum absolute atomic E-state index is 0.419. The Morgan fingerprint density at radius 2 is 1.65 bits per heavy atom. The molecule has 0 bridgehead atoms. The summed E-state index contributed by atoms with van der Waals surface area (Å²) in [4.78, 5) is 8.58. The van der Waals surface area contributed by atoms with Crippen LogP contribution in [0.1, 0.15) is 19.8 Å². The first-order valence-corrected chi connectivity index (χ1v) is 6.20. The van der Waals surface area contributed by atoms with Gasteiger partial charge in [-0.05, 0) is 12.5 Å². The van der Waals surface area contributed by atoms with Crippen LogP contribution in [-0.2, 0) is 9.09 Å². The minimum Gasteiger partial charge on any atom is -0.326 e. The van der Waals surface area contributed by atoms with E-state index in [2.05, 4.69) is 4.52 Å². The van der Waals surface area contributed by atoms with Gasteiger partial charge in [-0.1, -0.05) is 0 Å². The zero-order chi connectivity index (χ0) is 16.2. The summed E-state index contributed by atoms with van der Waals surface area (Å²) < 4.78 is 89.3. The second kappa shape index (κ2) is 6.61. The predicted molar refractivity (Wildman–Crippen MR) is 55.8 cm³/mol. The molecule has 0 saturated carbocycles. The molecule has 0 spiro atoms. The Labute approximate surface area is 110 Å². The molecule has 0 rings (SSSR count). The summed E-state index contributed by atoms with van der Waals surface area (Å²) in [5.41, 5.74) is -3.86. The van der Waals surface area contributed by atoms with Crippen LogP contribution in [0.3, 0.4) is 0 Å². The van der Waals surface area contributed by atoms with Gasteiger partial charge >= 0.3 is 20.6 Å². The highest BCUT2D eigenvalue weighted by molar-refractivity contribution is 7.32. The number of rotatable bonds is 5. The number of allylic oxidation sites excluding steroid dienone is 1. The van der Waals surface area contributed by atoms with Gasteiger partial charge in [-0.3, -0.25) is 9.09 Å². The van der Waals surface area contributed by atoms with E-state index in [1.165, 1.54) is 6.07 Å². The van der Waals surface area contributed by atoms with Crippen molar-refractivity contribution in [3.8, 4) is 6.07 Å². The Morgan fingerprint density at radius 3 is 1.90 bits per heavy atom. The van der Waals surface area contributed by atoms with E-state index in [0.717, 1.165) is 6.92 Å². The first-order chi connectivity index (χ1) is 8.81. The second-order valence-corrected chi connectivity index (χ2v) is 4.64. The summed E-state index contributed by atoms with van der Waals surface area (Å²) in [6.07, 6.45) is -14.0. The van der Waals surface area contributed by atoms with Crippen LogP contribution >= 0.6 is 8.25 Å². The third kappa shape index (κ3) is 6.93. The molecule has 0 heterocycles. The van der Waals surface area contributed by atoms with Gasteiger partial charge in [-0.15, -0.1) is 0 Å². The van der Waals surface area contributed by atoms with Crippen LogP contribution in [0.15, 0.2) is 11.6 Å². The number of halogens is 6. The van der Waals surface area contributed by atoms with Crippen molar-refractivity contribution in [3.05, 3.63) is 11.6 Å². The first-order valence-electron chi connectivity index (χ1n) is 4.94. The molecular formula is C9H10F6NO3P. The van der Waals surface area contributed by atoms with Crippen molar-refractivity contribution < 1.29 is 40.3 Å². The molecule has 0 radical (unpaired) electrons. The lowest BCUT2D eigenvalue weighted by atomic mass is 9.87. The molecule has 0 aliphatic heterocycles. The number of nitriles is 1. The van der Waals surface area contributed by atoms with Crippen molar-refractivity contribution in [2.45, 2.75) is 37.7 Å². The molecule has 20 heavy (non-hydrogen) atoms. The maximum absolute atomic E-state index is 12.4. The van der Waals surface area contributed by atoms with Crippen LogP contribution in [0.25, 0.3) is 0 Å². The molecule has 1 atom stereocenters. The number of alkyl halides is 6. The van der Waals surface area contributed by atoms with Crippen molar-refractivity contribution >= 4 is 8.25 Å². The lowest BCUT2D eigenvalue weighted by molar-refractivity contribution is -0.200. The van der Waals surface area contributed by atoms with Gasteiger partial charge in [0.1, 0.15) is 5.60 Å². The minimum atomic E-state index is -5.09. The fourth-order valence-corrected chi connectivity index (χ4v) is 2.18. The lowest BCUT2D eigenvalue weighted by Gasteiger charge is -2.34. The summed E-state index contributed by atoms with van der Waals surface area (Å²) in [7, 11) is -4.10. The maximum Gasteiger partial charge on any atom is 0.392 e. The molecule has 0 aliphatic carbocycles. The number of hydrogen-bond donors (Lipinski definition) is 1. The molecule has 0 aromatic heterocycles. The molecule has 11 heteroatoms. The van der Waals surface area contributed by atoms with E-state index in [0.29, 0.717) is 6.08 Å². The van der Waals surface area contributed by atoms with Crippen molar-refractivity contribution in [2.75, 3.05) is 0 Å². The van der Waals surface area contributed by atoms with Crippen molar-refractivity contribution in [3.63, 3.8) is 0 Å². The topological polar surface area (TPSA) is 70.3 Å². The van der Waals surface area contributed by atoms with Crippen molar-refractivity contribution in [1.29, 1.82) is 5.26 Å². The Morgan fingerprint density at radius 1 is 1.25 bits per heavy atom. The van der Waals surface area contributed by atoms with Gasteiger partial charge in [0, 0.05) is 6.08 Å². The van der Waals surface area contributed by atoms with E-state index in [1.807, 2.05) is 0 Å². The molecule has 1 unspecified atom stereocenters. The number of hydrogen-bond acceptors (Lipinski definition) is 3. The monoisotopic (exact) mass is 325 g/mol. The van der Waals surface area contributed by atoms with Gasteiger partial charge in [0.05, 0.1) is 18.9 Å². The average Bonchev–Trinajstić information content (AvgIpc) is 2.10. The van der Waals surface area contributed by atoms with Gasteiger partial charge in [0.25, 0.3) is 0 Å². The summed E-state index contributed by atoms with van der Waals surface area (Å²) in [6.45, 7) is 0.797. The van der Waals surface area contributed by atoms with Crippen LogP contribution in [0.4, 0.5) is 26.3 Å². The second-order valence-electron chi connectivity index (χ2n) is 3.90. The molecule has 0 fully saturated rings. The molecule has 1 N–H and O–H groups in total. The maximum atomic E-state index is 12.4. The molecule has 116 valence electrons. The van der Waals surface area contributed by atoms with Crippen LogP contribution in [-0.4, -0.2) is 22.8 Å². The highest BCUT2D eigenvalue weighted by Crippen LogP contribution is 2.46. The average molecular weight is 325 g/mol. The van der Waals surface area contributed by atoms with Crippen molar-refractivity contribution in [2.24, 2.45) is 0 Å². The van der Waals surface area contributed by atoms with E-state index in [-0.39, 0.29) is 0 Å². The SMILES string of the molecule is CC(=CC#N)C(CC(F)(F)F)(CC(F)(F)F)O[PH](=O)O. The Bertz CT molecular complexity index is 420. The van der Waals surface area contributed by atoms with Gasteiger partial charge in [0.15, 0.2) is 0 Å². The normalized spacial score (nSPS) is 15.8. The summed E-state index contributed by atoms with van der Waals surface area (Å²) in [5.74, 6) is 0. The van der Waals surface area contributed by atoms with Crippen LogP contribution in [0, 0.1) is 11.3 Å².